The van der Waals surface area contributed by atoms with E-state index in [-0.39, 0.29) is 5.82 Å². The van der Waals surface area contributed by atoms with Crippen molar-refractivity contribution in [3.8, 4) is 16.9 Å². The average Bonchev–Trinajstić information content (AvgIpc) is 2.60. The van der Waals surface area contributed by atoms with Crippen LogP contribution in [0.5, 0.6) is 5.75 Å². The monoisotopic (exact) mass is 328 g/mol. The van der Waals surface area contributed by atoms with Crippen LogP contribution in [0.2, 0.25) is 0 Å². The molecule has 0 spiro atoms. The fourth-order valence-corrected chi connectivity index (χ4v) is 2.84. The molecule has 0 radical (unpaired) electrons. The van der Waals surface area contributed by atoms with Gasteiger partial charge >= 0.3 is 0 Å². The molecule has 0 saturated heterocycles. The normalized spacial score (nSPS) is 10.8. The second-order valence-corrected chi connectivity index (χ2v) is 6.35. The topological polar surface area (TPSA) is 9.23 Å². The lowest BCUT2D eigenvalue weighted by Gasteiger charge is -2.09. The van der Waals surface area contributed by atoms with Crippen LogP contribution in [0, 0.1) is 5.82 Å². The lowest BCUT2D eigenvalue weighted by atomic mass is 10.0. The molecule has 2 rings (SSSR count). The summed E-state index contributed by atoms with van der Waals surface area (Å²) in [5.41, 5.74) is 3.26. The Bertz CT molecular complexity index is 604. The van der Waals surface area contributed by atoms with Gasteiger partial charge in [0.05, 0.1) is 6.61 Å². The first-order chi connectivity index (χ1) is 11.7. The van der Waals surface area contributed by atoms with Crippen LogP contribution in [-0.2, 0) is 6.42 Å². The Labute approximate surface area is 145 Å². The van der Waals surface area contributed by atoms with Crippen molar-refractivity contribution in [3.63, 3.8) is 0 Å². The van der Waals surface area contributed by atoms with Crippen molar-refractivity contribution < 1.29 is 9.13 Å². The van der Waals surface area contributed by atoms with E-state index in [4.69, 9.17) is 4.74 Å². The number of hydrogen-bond donors (Lipinski definition) is 0. The molecule has 130 valence electrons. The summed E-state index contributed by atoms with van der Waals surface area (Å²) in [6.07, 6.45) is 8.08. The van der Waals surface area contributed by atoms with E-state index in [1.54, 1.807) is 12.1 Å². The summed E-state index contributed by atoms with van der Waals surface area (Å²) in [5.74, 6) is 0.0792. The summed E-state index contributed by atoms with van der Waals surface area (Å²) in [6, 6.07) is 13.6. The van der Waals surface area contributed by atoms with Gasteiger partial charge < -0.3 is 4.74 Å². The predicted molar refractivity (Wildman–Crippen MR) is 100 cm³/mol. The molecule has 1 nitrogen and oxygen atoms in total. The molecule has 0 atom stereocenters. The third-order valence-electron chi connectivity index (χ3n) is 4.26. The average molecular weight is 328 g/mol. The van der Waals surface area contributed by atoms with Crippen LogP contribution in [0.4, 0.5) is 4.39 Å². The molecule has 2 aromatic rings. The molecule has 24 heavy (non-hydrogen) atoms. The van der Waals surface area contributed by atoms with Crippen molar-refractivity contribution >= 4 is 0 Å². The van der Waals surface area contributed by atoms with Crippen LogP contribution in [-0.4, -0.2) is 6.61 Å². The quantitative estimate of drug-likeness (QED) is 0.436. The molecule has 0 amide bonds. The number of benzene rings is 2. The zero-order valence-corrected chi connectivity index (χ0v) is 15.0. The first kappa shape index (κ1) is 18.5. The molecule has 0 saturated carbocycles. The maximum atomic E-state index is 14.2. The van der Waals surface area contributed by atoms with Crippen LogP contribution in [0.1, 0.15) is 57.9 Å². The van der Waals surface area contributed by atoms with Gasteiger partial charge in [-0.25, -0.2) is 4.39 Å². The minimum atomic E-state index is -0.279. The lowest BCUT2D eigenvalue weighted by molar-refractivity contribution is 0.290. The van der Waals surface area contributed by atoms with E-state index < -0.39 is 0 Å². The van der Waals surface area contributed by atoms with Crippen molar-refractivity contribution in [1.82, 2.24) is 0 Å². The van der Waals surface area contributed by atoms with Crippen LogP contribution in [0.3, 0.4) is 0 Å². The van der Waals surface area contributed by atoms with Crippen LogP contribution in [0.25, 0.3) is 11.1 Å². The highest BCUT2D eigenvalue weighted by Crippen LogP contribution is 2.26. The second-order valence-electron chi connectivity index (χ2n) is 6.35. The fraction of sp³-hybridized carbons (Fsp3) is 0.455. The third kappa shape index (κ3) is 5.67. The predicted octanol–water partition coefficient (Wildman–Crippen LogP) is 6.79. The van der Waals surface area contributed by atoms with E-state index >= 15 is 0 Å². The van der Waals surface area contributed by atoms with Gasteiger partial charge in [-0.2, -0.15) is 0 Å². The maximum Gasteiger partial charge on any atom is 0.165 e. The van der Waals surface area contributed by atoms with Crippen molar-refractivity contribution in [2.24, 2.45) is 0 Å². The molecule has 0 aliphatic rings. The zero-order valence-electron chi connectivity index (χ0n) is 15.0. The van der Waals surface area contributed by atoms with Crippen molar-refractivity contribution in [1.29, 1.82) is 0 Å². The largest absolute Gasteiger partial charge is 0.491 e. The Morgan fingerprint density at radius 2 is 1.50 bits per heavy atom. The van der Waals surface area contributed by atoms with Crippen LogP contribution >= 0.6 is 0 Å². The van der Waals surface area contributed by atoms with E-state index in [9.17, 15) is 4.39 Å². The number of unbranched alkanes of at least 4 members (excludes halogenated alkanes) is 4. The molecule has 0 aliphatic heterocycles. The SMILES string of the molecule is CCCCCCCOc1ccc(-c2ccc(CCC)cc2)cc1F. The van der Waals surface area contributed by atoms with Gasteiger partial charge in [-0.1, -0.05) is 76.3 Å². The fourth-order valence-electron chi connectivity index (χ4n) is 2.84. The van der Waals surface area contributed by atoms with Gasteiger partial charge in [0.15, 0.2) is 11.6 Å². The summed E-state index contributed by atoms with van der Waals surface area (Å²) < 4.78 is 19.8. The summed E-state index contributed by atoms with van der Waals surface area (Å²) in [7, 11) is 0. The van der Waals surface area contributed by atoms with Gasteiger partial charge in [-0.3, -0.25) is 0 Å². The molecule has 2 aromatic carbocycles. The zero-order chi connectivity index (χ0) is 17.2. The van der Waals surface area contributed by atoms with E-state index in [1.165, 1.54) is 24.8 Å². The Hall–Kier alpha value is -1.83. The molecule has 0 aromatic heterocycles. The van der Waals surface area contributed by atoms with Crippen LogP contribution in [0.15, 0.2) is 42.5 Å². The van der Waals surface area contributed by atoms with Gasteiger partial charge in [-0.15, -0.1) is 0 Å². The smallest absolute Gasteiger partial charge is 0.165 e. The Morgan fingerprint density at radius 1 is 0.792 bits per heavy atom. The van der Waals surface area contributed by atoms with Crippen molar-refractivity contribution in [3.05, 3.63) is 53.8 Å². The van der Waals surface area contributed by atoms with E-state index in [0.29, 0.717) is 12.4 Å². The highest BCUT2D eigenvalue weighted by molar-refractivity contribution is 5.64. The summed E-state index contributed by atoms with van der Waals surface area (Å²) in [5, 5.41) is 0. The van der Waals surface area contributed by atoms with Gasteiger partial charge in [0.25, 0.3) is 0 Å². The van der Waals surface area contributed by atoms with Crippen LogP contribution < -0.4 is 4.74 Å². The number of ether oxygens (including phenoxy) is 1. The molecule has 0 unspecified atom stereocenters. The number of aryl methyl sites for hydroxylation is 1. The highest BCUT2D eigenvalue weighted by atomic mass is 19.1. The Balaban J connectivity index is 1.91. The van der Waals surface area contributed by atoms with Gasteiger partial charge in [-0.05, 0) is 41.7 Å². The first-order valence-corrected chi connectivity index (χ1v) is 9.26. The maximum absolute atomic E-state index is 14.2. The molecule has 2 heteroatoms. The van der Waals surface area contributed by atoms with Gasteiger partial charge in [0, 0.05) is 0 Å². The number of halogens is 1. The minimum Gasteiger partial charge on any atom is -0.491 e. The minimum absolute atomic E-state index is 0.279. The standard InChI is InChI=1S/C22H29FO/c1-3-5-6-7-8-16-24-22-15-14-20(17-21(22)23)19-12-10-18(9-4-2)11-13-19/h10-15,17H,3-9,16H2,1-2H3. The summed E-state index contributed by atoms with van der Waals surface area (Å²) in [6.45, 7) is 4.96. The lowest BCUT2D eigenvalue weighted by Crippen LogP contribution is -1.99. The molecule has 0 heterocycles. The molecule has 0 aliphatic carbocycles. The third-order valence-corrected chi connectivity index (χ3v) is 4.26. The van der Waals surface area contributed by atoms with Crippen molar-refractivity contribution in [2.75, 3.05) is 6.61 Å². The van der Waals surface area contributed by atoms with Crippen molar-refractivity contribution in [2.45, 2.75) is 58.8 Å². The molecule has 0 N–H and O–H groups in total. The summed E-state index contributed by atoms with van der Waals surface area (Å²) in [4.78, 5) is 0. The second kappa shape index (κ2) is 10.1. The highest BCUT2D eigenvalue weighted by Gasteiger charge is 2.06. The van der Waals surface area contributed by atoms with Gasteiger partial charge in [0.1, 0.15) is 0 Å². The molecule has 0 bridgehead atoms. The molecular weight excluding hydrogens is 299 g/mol. The number of hydrogen-bond acceptors (Lipinski definition) is 1. The number of rotatable bonds is 10. The Morgan fingerprint density at radius 3 is 2.17 bits per heavy atom. The molecular formula is C22H29FO. The summed E-state index contributed by atoms with van der Waals surface area (Å²) >= 11 is 0. The van der Waals surface area contributed by atoms with E-state index in [2.05, 4.69) is 38.1 Å². The van der Waals surface area contributed by atoms with E-state index in [0.717, 1.165) is 36.8 Å². The Kier molecular flexibility index (Phi) is 7.81. The first-order valence-electron chi connectivity index (χ1n) is 9.26. The van der Waals surface area contributed by atoms with E-state index in [1.807, 2.05) is 6.07 Å². The molecule has 0 fully saturated rings. The van der Waals surface area contributed by atoms with Gasteiger partial charge in [0.2, 0.25) is 0 Å².